The van der Waals surface area contributed by atoms with Crippen LogP contribution in [0.1, 0.15) is 5.56 Å². The predicted molar refractivity (Wildman–Crippen MR) is 107 cm³/mol. The van der Waals surface area contributed by atoms with Gasteiger partial charge in [-0.1, -0.05) is 12.1 Å². The molecule has 9 heteroatoms. The van der Waals surface area contributed by atoms with Crippen LogP contribution in [0, 0.1) is 0 Å². The van der Waals surface area contributed by atoms with Gasteiger partial charge in [0.05, 0.1) is 17.8 Å². The average Bonchev–Trinajstić information content (AvgIpc) is 2.75. The van der Waals surface area contributed by atoms with Crippen LogP contribution in [0.5, 0.6) is 5.75 Å². The summed E-state index contributed by atoms with van der Waals surface area (Å²) in [6, 6.07) is 12.0. The minimum absolute atomic E-state index is 0.602. The number of ether oxygens (including phenoxy) is 1. The summed E-state index contributed by atoms with van der Waals surface area (Å²) in [6.07, 6.45) is -0.455. The van der Waals surface area contributed by atoms with E-state index in [1.54, 1.807) is 36.7 Å². The molecule has 0 unspecified atom stereocenters. The molecule has 1 aliphatic rings. The summed E-state index contributed by atoms with van der Waals surface area (Å²) in [4.78, 5) is 20.1. The third-order valence-electron chi connectivity index (χ3n) is 4.30. The van der Waals surface area contributed by atoms with E-state index >= 15 is 0 Å². The van der Waals surface area contributed by atoms with Gasteiger partial charge in [0.1, 0.15) is 6.61 Å². The van der Waals surface area contributed by atoms with E-state index in [0.717, 1.165) is 24.4 Å². The van der Waals surface area contributed by atoms with Crippen LogP contribution < -0.4 is 15.0 Å². The van der Waals surface area contributed by atoms with Crippen LogP contribution in [0.3, 0.4) is 0 Å². The van der Waals surface area contributed by atoms with Crippen LogP contribution in [0.2, 0.25) is 0 Å². The number of nitrogens with zero attached hydrogens (tertiary/aromatic N) is 3. The summed E-state index contributed by atoms with van der Waals surface area (Å²) in [5, 5.41) is 2.49. The number of pyridine rings is 2. The van der Waals surface area contributed by atoms with Gasteiger partial charge >= 0.3 is 6.18 Å². The molecule has 3 aromatic rings. The maximum atomic E-state index is 12.6. The Bertz CT molecular complexity index is 980. The van der Waals surface area contributed by atoms with Crippen molar-refractivity contribution in [2.24, 2.45) is 0 Å². The van der Waals surface area contributed by atoms with Gasteiger partial charge in [0.2, 0.25) is 6.41 Å². The Balaban J connectivity index is 0.000000239. The molecule has 4 rings (SSSR count). The third kappa shape index (κ3) is 5.25. The molecule has 2 aromatic heterocycles. The number of alkyl halides is 3. The maximum absolute atomic E-state index is 12.6. The molecule has 1 amide bonds. The molecule has 0 fully saturated rings. The van der Waals surface area contributed by atoms with Gasteiger partial charge in [-0.3, -0.25) is 9.78 Å². The average molecular weight is 416 g/mol. The largest absolute Gasteiger partial charge is 0.488 e. The van der Waals surface area contributed by atoms with Crippen molar-refractivity contribution >= 4 is 17.9 Å². The van der Waals surface area contributed by atoms with Crippen molar-refractivity contribution in [3.05, 3.63) is 66.5 Å². The first-order valence-electron chi connectivity index (χ1n) is 9.01. The molecule has 0 aliphatic carbocycles. The number of carbonyl (C=O) groups is 1. The van der Waals surface area contributed by atoms with E-state index in [9.17, 15) is 18.0 Å². The number of aromatic nitrogens is 2. The topological polar surface area (TPSA) is 67.3 Å². The number of nitrogens with one attached hydrogen (secondary N) is 1. The number of rotatable bonds is 3. The van der Waals surface area contributed by atoms with E-state index in [0.29, 0.717) is 35.8 Å². The van der Waals surface area contributed by atoms with Crippen LogP contribution in [0.25, 0.3) is 11.3 Å². The highest BCUT2D eigenvalue weighted by Gasteiger charge is 2.30. The van der Waals surface area contributed by atoms with Gasteiger partial charge in [0, 0.05) is 30.7 Å². The fourth-order valence-corrected chi connectivity index (χ4v) is 2.73. The number of carbonyl (C=O) groups excluding carboxylic acids is 1. The quantitative estimate of drug-likeness (QED) is 0.647. The molecule has 0 spiro atoms. The smallest absolute Gasteiger partial charge is 0.416 e. The third-order valence-corrected chi connectivity index (χ3v) is 4.30. The molecule has 6 nitrogen and oxygen atoms in total. The standard InChI is InChI=1S/C15H13F3N2O.C6H6N2O/c1-20-8-9-21-13-7-6-12(19-14(13)20)10-2-4-11(5-3-10)15(16,17)18;9-5-8-6-1-3-7-4-2-6/h2-7H,8-9H2,1H3;1-5H,(H,7,8,9). The fraction of sp³-hybridized carbons (Fsp3) is 0.190. The maximum Gasteiger partial charge on any atom is 0.416 e. The Kier molecular flexibility index (Phi) is 6.51. The van der Waals surface area contributed by atoms with Crippen LogP contribution in [-0.4, -0.2) is 36.6 Å². The fourth-order valence-electron chi connectivity index (χ4n) is 2.73. The molecule has 0 bridgehead atoms. The van der Waals surface area contributed by atoms with Crippen LogP contribution >= 0.6 is 0 Å². The van der Waals surface area contributed by atoms with Crippen LogP contribution in [0.4, 0.5) is 24.7 Å². The first kappa shape index (κ1) is 21.1. The number of amides is 1. The number of hydrogen-bond donors (Lipinski definition) is 1. The highest BCUT2D eigenvalue weighted by molar-refractivity contribution is 5.70. The van der Waals surface area contributed by atoms with Crippen molar-refractivity contribution in [1.82, 2.24) is 9.97 Å². The zero-order valence-electron chi connectivity index (χ0n) is 16.1. The number of fused-ring (bicyclic) bond motifs is 1. The summed E-state index contributed by atoms with van der Waals surface area (Å²) in [5.41, 5.74) is 1.37. The molecule has 1 aromatic carbocycles. The van der Waals surface area contributed by atoms with Gasteiger partial charge in [-0.05, 0) is 36.4 Å². The van der Waals surface area contributed by atoms with E-state index in [-0.39, 0.29) is 0 Å². The predicted octanol–water partition coefficient (Wildman–Crippen LogP) is 4.25. The van der Waals surface area contributed by atoms with Gasteiger partial charge in [0.15, 0.2) is 11.6 Å². The summed E-state index contributed by atoms with van der Waals surface area (Å²) in [5.74, 6) is 1.40. The van der Waals surface area contributed by atoms with E-state index in [1.807, 2.05) is 11.9 Å². The minimum atomic E-state index is -4.32. The van der Waals surface area contributed by atoms with Crippen molar-refractivity contribution in [1.29, 1.82) is 0 Å². The van der Waals surface area contributed by atoms with Crippen molar-refractivity contribution in [2.45, 2.75) is 6.18 Å². The highest BCUT2D eigenvalue weighted by atomic mass is 19.4. The molecule has 30 heavy (non-hydrogen) atoms. The monoisotopic (exact) mass is 416 g/mol. The molecule has 0 radical (unpaired) electrons. The van der Waals surface area contributed by atoms with E-state index < -0.39 is 11.7 Å². The lowest BCUT2D eigenvalue weighted by atomic mass is 10.1. The molecule has 0 saturated carbocycles. The molecule has 0 saturated heterocycles. The van der Waals surface area contributed by atoms with Crippen molar-refractivity contribution in [2.75, 3.05) is 30.4 Å². The Hall–Kier alpha value is -3.62. The number of benzene rings is 1. The summed E-state index contributed by atoms with van der Waals surface area (Å²) >= 11 is 0. The second-order valence-electron chi connectivity index (χ2n) is 6.36. The normalized spacial score (nSPS) is 12.7. The van der Waals surface area contributed by atoms with Gasteiger partial charge in [0.25, 0.3) is 0 Å². The number of likely N-dealkylation sites (N-methyl/N-ethyl adjacent to an activating group) is 1. The summed E-state index contributed by atoms with van der Waals surface area (Å²) in [7, 11) is 1.91. The zero-order valence-corrected chi connectivity index (χ0v) is 16.1. The lowest BCUT2D eigenvalue weighted by Gasteiger charge is -2.26. The molecule has 1 N–H and O–H groups in total. The summed E-state index contributed by atoms with van der Waals surface area (Å²) < 4.78 is 43.2. The Labute approximate surface area is 171 Å². The highest BCUT2D eigenvalue weighted by Crippen LogP contribution is 2.33. The van der Waals surface area contributed by atoms with Crippen molar-refractivity contribution in [3.63, 3.8) is 0 Å². The molecule has 3 heterocycles. The number of anilines is 2. The number of hydrogen-bond acceptors (Lipinski definition) is 5. The molecule has 156 valence electrons. The molecule has 0 atom stereocenters. The Morgan fingerprint density at radius 1 is 1.07 bits per heavy atom. The van der Waals surface area contributed by atoms with Crippen LogP contribution in [-0.2, 0) is 11.0 Å². The second-order valence-corrected chi connectivity index (χ2v) is 6.36. The lowest BCUT2D eigenvalue weighted by molar-refractivity contribution is -0.137. The van der Waals surface area contributed by atoms with Gasteiger partial charge in [-0.15, -0.1) is 0 Å². The zero-order chi connectivity index (χ0) is 21.6. The van der Waals surface area contributed by atoms with Gasteiger partial charge < -0.3 is 15.0 Å². The number of halogens is 3. The van der Waals surface area contributed by atoms with Crippen molar-refractivity contribution < 1.29 is 22.7 Å². The Morgan fingerprint density at radius 2 is 1.77 bits per heavy atom. The first-order chi connectivity index (χ1) is 14.4. The molecular formula is C21H19F3N4O2. The van der Waals surface area contributed by atoms with Gasteiger partial charge in [-0.2, -0.15) is 13.2 Å². The van der Waals surface area contributed by atoms with E-state index in [4.69, 9.17) is 4.74 Å². The van der Waals surface area contributed by atoms with E-state index in [1.165, 1.54) is 12.1 Å². The second kappa shape index (κ2) is 9.25. The minimum Gasteiger partial charge on any atom is -0.488 e. The lowest BCUT2D eigenvalue weighted by Crippen LogP contribution is -2.29. The molecule has 1 aliphatic heterocycles. The SMILES string of the molecule is CN1CCOc2ccc(-c3ccc(C(F)(F)F)cc3)nc21.O=CNc1ccncc1. The van der Waals surface area contributed by atoms with Crippen LogP contribution in [0.15, 0.2) is 60.9 Å². The first-order valence-corrected chi connectivity index (χ1v) is 9.01. The Morgan fingerprint density at radius 3 is 2.40 bits per heavy atom. The van der Waals surface area contributed by atoms with E-state index in [2.05, 4.69) is 15.3 Å². The van der Waals surface area contributed by atoms with Crippen molar-refractivity contribution in [3.8, 4) is 17.0 Å². The van der Waals surface area contributed by atoms with Gasteiger partial charge in [-0.25, -0.2) is 4.98 Å². The molecular weight excluding hydrogens is 397 g/mol. The summed E-state index contributed by atoms with van der Waals surface area (Å²) in [6.45, 7) is 1.33.